The number of thiol groups is 1. The summed E-state index contributed by atoms with van der Waals surface area (Å²) < 4.78 is 0. The summed E-state index contributed by atoms with van der Waals surface area (Å²) in [5.74, 6) is 0.851. The summed E-state index contributed by atoms with van der Waals surface area (Å²) in [4.78, 5) is 0. The highest BCUT2D eigenvalue weighted by atomic mass is 32.1. The summed E-state index contributed by atoms with van der Waals surface area (Å²) in [7, 11) is 0. The van der Waals surface area contributed by atoms with Crippen molar-refractivity contribution in [2.75, 3.05) is 12.4 Å². The van der Waals surface area contributed by atoms with Crippen molar-refractivity contribution in [2.24, 2.45) is 5.41 Å². The lowest BCUT2D eigenvalue weighted by molar-refractivity contribution is 0.0689. The van der Waals surface area contributed by atoms with Crippen molar-refractivity contribution < 1.29 is 5.11 Å². The minimum atomic E-state index is 0.225. The van der Waals surface area contributed by atoms with Crippen molar-refractivity contribution in [3.8, 4) is 0 Å². The maximum atomic E-state index is 8.79. The first-order valence-electron chi connectivity index (χ1n) is 3.05. The number of aliphatic hydroxyl groups is 1. The van der Waals surface area contributed by atoms with Crippen LogP contribution in [0.1, 0.15) is 19.3 Å². The van der Waals surface area contributed by atoms with Crippen LogP contribution in [0, 0.1) is 5.41 Å². The van der Waals surface area contributed by atoms with Crippen LogP contribution < -0.4 is 0 Å². The van der Waals surface area contributed by atoms with Gasteiger partial charge in [0.1, 0.15) is 0 Å². The second kappa shape index (κ2) is 2.28. The van der Waals surface area contributed by atoms with Gasteiger partial charge < -0.3 is 5.11 Å². The predicted octanol–water partition coefficient (Wildman–Crippen LogP) is 1.08. The third kappa shape index (κ3) is 0.869. The van der Waals surface area contributed by atoms with Crippen LogP contribution in [-0.2, 0) is 0 Å². The molecule has 0 heterocycles. The summed E-state index contributed by atoms with van der Waals surface area (Å²) in [6.07, 6.45) is 3.63. The molecule has 0 bridgehead atoms. The minimum absolute atomic E-state index is 0.225. The fraction of sp³-hybridized carbons (Fsp3) is 1.00. The first kappa shape index (κ1) is 6.43. The Morgan fingerprint density at radius 1 is 1.50 bits per heavy atom. The third-order valence-electron chi connectivity index (χ3n) is 2.09. The van der Waals surface area contributed by atoms with E-state index in [0.717, 1.165) is 5.75 Å². The van der Waals surface area contributed by atoms with Crippen LogP contribution in [0.3, 0.4) is 0 Å². The lowest BCUT2D eigenvalue weighted by Gasteiger charge is -2.38. The SMILES string of the molecule is OCC1(CS)CCC1. The van der Waals surface area contributed by atoms with Crippen molar-refractivity contribution >= 4 is 12.6 Å². The molecule has 0 aliphatic heterocycles. The van der Waals surface area contributed by atoms with Crippen molar-refractivity contribution in [1.82, 2.24) is 0 Å². The molecule has 0 radical (unpaired) electrons. The summed E-state index contributed by atoms with van der Waals surface area (Å²) in [5.41, 5.74) is 0.225. The van der Waals surface area contributed by atoms with Gasteiger partial charge in [0.2, 0.25) is 0 Å². The molecule has 0 aromatic carbocycles. The Morgan fingerprint density at radius 2 is 2.12 bits per heavy atom. The highest BCUT2D eigenvalue weighted by Crippen LogP contribution is 2.40. The number of hydrogen-bond acceptors (Lipinski definition) is 2. The Balaban J connectivity index is 2.33. The molecule has 0 unspecified atom stereocenters. The Morgan fingerprint density at radius 3 is 2.12 bits per heavy atom. The van der Waals surface area contributed by atoms with Crippen molar-refractivity contribution in [1.29, 1.82) is 0 Å². The average Bonchev–Trinajstić information content (AvgIpc) is 1.67. The molecule has 1 aliphatic rings. The Bertz CT molecular complexity index is 65.1. The first-order chi connectivity index (χ1) is 3.83. The van der Waals surface area contributed by atoms with Crippen LogP contribution >= 0.6 is 12.6 Å². The molecular formula is C6H12OS. The molecule has 48 valence electrons. The van der Waals surface area contributed by atoms with E-state index in [2.05, 4.69) is 12.6 Å². The minimum Gasteiger partial charge on any atom is -0.396 e. The zero-order chi connectivity index (χ0) is 6.04. The van der Waals surface area contributed by atoms with Gasteiger partial charge >= 0.3 is 0 Å². The van der Waals surface area contributed by atoms with Crippen LogP contribution in [0.4, 0.5) is 0 Å². The molecule has 0 spiro atoms. The van der Waals surface area contributed by atoms with Crippen LogP contribution in [-0.4, -0.2) is 17.5 Å². The van der Waals surface area contributed by atoms with Gasteiger partial charge in [0, 0.05) is 12.0 Å². The highest BCUT2D eigenvalue weighted by Gasteiger charge is 2.34. The molecule has 1 rings (SSSR count). The Hall–Kier alpha value is 0.310. The topological polar surface area (TPSA) is 20.2 Å². The average molecular weight is 132 g/mol. The molecule has 0 aromatic heterocycles. The maximum Gasteiger partial charge on any atom is 0.0495 e. The van der Waals surface area contributed by atoms with Gasteiger partial charge in [-0.3, -0.25) is 0 Å². The van der Waals surface area contributed by atoms with Gasteiger partial charge in [0.25, 0.3) is 0 Å². The van der Waals surface area contributed by atoms with E-state index in [1.807, 2.05) is 0 Å². The Kier molecular flexibility index (Phi) is 1.83. The summed E-state index contributed by atoms with van der Waals surface area (Å²) in [6, 6.07) is 0. The van der Waals surface area contributed by atoms with Crippen molar-refractivity contribution in [2.45, 2.75) is 19.3 Å². The zero-order valence-electron chi connectivity index (χ0n) is 4.93. The predicted molar refractivity (Wildman–Crippen MR) is 37.2 cm³/mol. The van der Waals surface area contributed by atoms with Gasteiger partial charge in [-0.15, -0.1) is 0 Å². The first-order valence-corrected chi connectivity index (χ1v) is 3.68. The Labute approximate surface area is 55.5 Å². The van der Waals surface area contributed by atoms with E-state index in [4.69, 9.17) is 5.11 Å². The summed E-state index contributed by atoms with van der Waals surface area (Å²) >= 11 is 4.15. The molecule has 1 N–H and O–H groups in total. The quantitative estimate of drug-likeness (QED) is 0.539. The van der Waals surface area contributed by atoms with E-state index in [1.165, 1.54) is 19.3 Å². The number of aliphatic hydroxyl groups excluding tert-OH is 1. The van der Waals surface area contributed by atoms with E-state index >= 15 is 0 Å². The molecule has 1 aliphatic carbocycles. The molecule has 8 heavy (non-hydrogen) atoms. The van der Waals surface area contributed by atoms with Gasteiger partial charge in [0.15, 0.2) is 0 Å². The van der Waals surface area contributed by atoms with Gasteiger partial charge in [0.05, 0.1) is 0 Å². The molecule has 0 amide bonds. The molecule has 0 atom stereocenters. The summed E-state index contributed by atoms with van der Waals surface area (Å²) in [6.45, 7) is 0.330. The normalized spacial score (nSPS) is 24.8. The molecule has 1 nitrogen and oxygen atoms in total. The third-order valence-corrected chi connectivity index (χ3v) is 2.76. The van der Waals surface area contributed by atoms with Crippen LogP contribution in [0.5, 0.6) is 0 Å². The van der Waals surface area contributed by atoms with Gasteiger partial charge in [-0.05, 0) is 18.6 Å². The van der Waals surface area contributed by atoms with Crippen LogP contribution in [0.2, 0.25) is 0 Å². The fourth-order valence-corrected chi connectivity index (χ4v) is 1.46. The van der Waals surface area contributed by atoms with E-state index in [9.17, 15) is 0 Å². The largest absolute Gasteiger partial charge is 0.396 e. The monoisotopic (exact) mass is 132 g/mol. The van der Waals surface area contributed by atoms with E-state index in [-0.39, 0.29) is 5.41 Å². The molecule has 2 heteroatoms. The molecule has 1 fully saturated rings. The second-order valence-corrected chi connectivity index (χ2v) is 2.99. The van der Waals surface area contributed by atoms with Crippen molar-refractivity contribution in [3.05, 3.63) is 0 Å². The fourth-order valence-electron chi connectivity index (χ4n) is 1.04. The van der Waals surface area contributed by atoms with Gasteiger partial charge in [-0.2, -0.15) is 12.6 Å². The number of rotatable bonds is 2. The summed E-state index contributed by atoms with van der Waals surface area (Å²) in [5, 5.41) is 8.79. The lowest BCUT2D eigenvalue weighted by atomic mass is 9.71. The van der Waals surface area contributed by atoms with Gasteiger partial charge in [-0.1, -0.05) is 6.42 Å². The van der Waals surface area contributed by atoms with E-state index in [1.54, 1.807) is 0 Å². The van der Waals surface area contributed by atoms with Crippen molar-refractivity contribution in [3.63, 3.8) is 0 Å². The highest BCUT2D eigenvalue weighted by molar-refractivity contribution is 7.80. The standard InChI is InChI=1S/C6H12OS/c7-4-6(5-8)2-1-3-6/h7-8H,1-5H2. The van der Waals surface area contributed by atoms with Gasteiger partial charge in [-0.25, -0.2) is 0 Å². The molecular weight excluding hydrogens is 120 g/mol. The number of hydrogen-bond donors (Lipinski definition) is 2. The zero-order valence-corrected chi connectivity index (χ0v) is 5.82. The van der Waals surface area contributed by atoms with Crippen LogP contribution in [0.25, 0.3) is 0 Å². The lowest BCUT2D eigenvalue weighted by Crippen LogP contribution is -2.34. The van der Waals surface area contributed by atoms with E-state index < -0.39 is 0 Å². The van der Waals surface area contributed by atoms with E-state index in [0.29, 0.717) is 6.61 Å². The molecule has 1 saturated carbocycles. The maximum absolute atomic E-state index is 8.79. The van der Waals surface area contributed by atoms with Crippen LogP contribution in [0.15, 0.2) is 0 Å². The smallest absolute Gasteiger partial charge is 0.0495 e. The second-order valence-electron chi connectivity index (χ2n) is 2.67. The molecule has 0 aromatic rings. The molecule has 0 saturated heterocycles.